The van der Waals surface area contributed by atoms with E-state index in [1.165, 1.54) is 14.7 Å². The molecular weight excluding hydrogens is 733 g/mol. The van der Waals surface area contributed by atoms with Crippen molar-refractivity contribution in [1.82, 2.24) is 44.0 Å². The van der Waals surface area contributed by atoms with E-state index in [-0.39, 0.29) is 0 Å². The van der Waals surface area contributed by atoms with Gasteiger partial charge in [0.25, 0.3) is 0 Å². The van der Waals surface area contributed by atoms with Crippen LogP contribution in [0.1, 0.15) is 5.56 Å². The van der Waals surface area contributed by atoms with Gasteiger partial charge in [-0.25, -0.2) is 19.9 Å². The molecule has 0 aliphatic carbocycles. The highest BCUT2D eigenvalue weighted by atomic mass is 127. The summed E-state index contributed by atoms with van der Waals surface area (Å²) in [6.07, 6.45) is 11.3. The van der Waals surface area contributed by atoms with Crippen molar-refractivity contribution in [2.45, 2.75) is 0 Å². The van der Waals surface area contributed by atoms with Gasteiger partial charge in [0.15, 0.2) is 17.5 Å². The molecule has 9 aromatic rings. The number of nitrogens with zero attached hydrogens (tertiary/aromatic N) is 9. The lowest BCUT2D eigenvalue weighted by atomic mass is 10.0. The van der Waals surface area contributed by atoms with Crippen LogP contribution in [0.4, 0.5) is 0 Å². The highest BCUT2D eigenvalue weighted by Gasteiger charge is 2.23. The average Bonchev–Trinajstić information content (AvgIpc) is 3.71. The molecule has 4 aromatic carbocycles. The summed E-state index contributed by atoms with van der Waals surface area (Å²) in [5.41, 5.74) is 6.71. The number of rotatable bonds is 5. The zero-order chi connectivity index (χ0) is 33.0. The summed E-state index contributed by atoms with van der Waals surface area (Å²) in [4.78, 5) is 34.1. The maximum Gasteiger partial charge on any atom is 0.240 e. The van der Waals surface area contributed by atoms with Crippen LogP contribution in [0.3, 0.4) is 0 Å². The number of allylic oxidation sites excluding steroid dienone is 1. The molecule has 1 aliphatic rings. The van der Waals surface area contributed by atoms with Crippen molar-refractivity contribution in [2.24, 2.45) is 0 Å². The van der Waals surface area contributed by atoms with Gasteiger partial charge in [0, 0.05) is 63.2 Å². The van der Waals surface area contributed by atoms with Crippen molar-refractivity contribution in [3.8, 4) is 46.1 Å². The van der Waals surface area contributed by atoms with Crippen LogP contribution in [0.2, 0.25) is 0 Å². The van der Waals surface area contributed by atoms with Crippen molar-refractivity contribution in [3.63, 3.8) is 0 Å². The Morgan fingerprint density at radius 2 is 0.940 bits per heavy atom. The van der Waals surface area contributed by atoms with E-state index in [1.807, 2.05) is 30.3 Å². The molecule has 5 aromatic heterocycles. The largest absolute Gasteiger partial charge is 0.278 e. The van der Waals surface area contributed by atoms with Gasteiger partial charge in [-0.1, -0.05) is 87.5 Å². The summed E-state index contributed by atoms with van der Waals surface area (Å²) in [6, 6.07) is 34.9. The molecule has 0 radical (unpaired) electrons. The third-order valence-corrected chi connectivity index (χ3v) is 11.2. The first kappa shape index (κ1) is 28.7. The Bertz CT molecular complexity index is 2710. The molecule has 1 aliphatic heterocycles. The molecule has 0 atom stereocenters. The number of aromatic nitrogens is 9. The third kappa shape index (κ3) is 4.67. The summed E-state index contributed by atoms with van der Waals surface area (Å²) >= 11 is -0.440. The lowest BCUT2D eigenvalue weighted by molar-refractivity contribution is 0.871. The Balaban J connectivity index is 1.30. The van der Waals surface area contributed by atoms with Crippen molar-refractivity contribution in [2.75, 3.05) is 0 Å². The van der Waals surface area contributed by atoms with E-state index in [4.69, 9.17) is 15.0 Å². The van der Waals surface area contributed by atoms with E-state index in [1.54, 1.807) is 24.8 Å². The van der Waals surface area contributed by atoms with Gasteiger partial charge >= 0.3 is 0 Å². The van der Waals surface area contributed by atoms with Gasteiger partial charge in [-0.2, -0.15) is 15.0 Å². The standard InChI is InChI=1S/C40H24IN9/c1-4-14-32-28(10-1)29-11-2-5-15-33(29)49(32)39-46-38(47-40(48-39)50-34-16-6-3-12-30(34)31-13-7-17-41-35(31)50)27-23-25(36-42-18-8-19-43-36)22-26(24-27)37-44-20-9-21-45-37/h1-24H. The average molecular weight is 758 g/mol. The lowest BCUT2D eigenvalue weighted by Crippen LogP contribution is -2.11. The predicted octanol–water partition coefficient (Wildman–Crippen LogP) is 8.46. The van der Waals surface area contributed by atoms with Gasteiger partial charge in [-0.3, -0.25) is 9.13 Å². The molecule has 10 rings (SSSR count). The Hall–Kier alpha value is -6.27. The molecule has 236 valence electrons. The van der Waals surface area contributed by atoms with Crippen LogP contribution in [0.5, 0.6) is 0 Å². The van der Waals surface area contributed by atoms with E-state index in [0.29, 0.717) is 29.4 Å². The van der Waals surface area contributed by atoms with Crippen molar-refractivity contribution >= 4 is 63.5 Å². The molecule has 0 unspecified atom stereocenters. The van der Waals surface area contributed by atoms with Crippen LogP contribution >= 0.6 is 20.7 Å². The minimum atomic E-state index is -0.440. The zero-order valence-electron chi connectivity index (χ0n) is 26.3. The molecule has 0 fully saturated rings. The van der Waals surface area contributed by atoms with E-state index in [2.05, 4.69) is 118 Å². The van der Waals surface area contributed by atoms with Crippen LogP contribution in [-0.4, -0.2) is 48.0 Å². The van der Waals surface area contributed by atoms with Crippen molar-refractivity contribution in [1.29, 1.82) is 0 Å². The van der Waals surface area contributed by atoms with Crippen LogP contribution in [0.15, 0.2) is 134 Å². The zero-order valence-corrected chi connectivity index (χ0v) is 28.4. The number of para-hydroxylation sites is 3. The van der Waals surface area contributed by atoms with E-state index >= 15 is 0 Å². The summed E-state index contributed by atoms with van der Waals surface area (Å²) in [5, 5.41) is 3.44. The Morgan fingerprint density at radius 3 is 1.52 bits per heavy atom. The quantitative estimate of drug-likeness (QED) is 0.163. The first-order chi connectivity index (χ1) is 24.8. The molecule has 50 heavy (non-hydrogen) atoms. The van der Waals surface area contributed by atoms with Gasteiger partial charge in [0.2, 0.25) is 11.9 Å². The molecule has 6 heterocycles. The molecule has 0 saturated carbocycles. The van der Waals surface area contributed by atoms with Gasteiger partial charge in [0.1, 0.15) is 0 Å². The van der Waals surface area contributed by atoms with Gasteiger partial charge in [0.05, 0.1) is 20.3 Å². The summed E-state index contributed by atoms with van der Waals surface area (Å²) < 4.78 is 7.89. The summed E-state index contributed by atoms with van der Waals surface area (Å²) in [5.74, 6) is 2.77. The first-order valence-electron chi connectivity index (χ1n) is 16.0. The lowest BCUT2D eigenvalue weighted by Gasteiger charge is -2.14. The highest BCUT2D eigenvalue weighted by Crippen LogP contribution is 2.37. The Kier molecular flexibility index (Phi) is 6.72. The van der Waals surface area contributed by atoms with Gasteiger partial charge in [-0.15, -0.1) is 0 Å². The highest BCUT2D eigenvalue weighted by molar-refractivity contribution is 14.2. The molecule has 0 amide bonds. The van der Waals surface area contributed by atoms with Crippen LogP contribution < -0.4 is 0 Å². The second-order valence-electron chi connectivity index (χ2n) is 11.7. The number of hydrogen-bond acceptors (Lipinski definition) is 7. The SMILES string of the molecule is C1=Cc2c(n(-c3nc(-c4cc(-c5ncccn5)cc(-c5ncccn5)c4)nc(-n4c5ccccc5c5ccccc54)n3)c3ccccc23)I=C1. The number of halogens is 1. The molecule has 10 heteroatoms. The molecular formula is C40H24IN9. The minimum absolute atomic E-state index is 0.440. The topological polar surface area (TPSA) is 100 Å². The minimum Gasteiger partial charge on any atom is -0.278 e. The van der Waals surface area contributed by atoms with Crippen LogP contribution in [0.25, 0.3) is 84.8 Å². The second-order valence-corrected chi connectivity index (χ2v) is 14.1. The van der Waals surface area contributed by atoms with E-state index in [0.717, 1.165) is 44.0 Å². The molecule has 0 saturated heterocycles. The molecule has 9 nitrogen and oxygen atoms in total. The predicted molar refractivity (Wildman–Crippen MR) is 206 cm³/mol. The van der Waals surface area contributed by atoms with Gasteiger partial charge < -0.3 is 0 Å². The molecule has 0 spiro atoms. The molecule has 0 N–H and O–H groups in total. The molecule has 0 bridgehead atoms. The normalized spacial score (nSPS) is 12.4. The monoisotopic (exact) mass is 757 g/mol. The summed E-state index contributed by atoms with van der Waals surface area (Å²) in [7, 11) is 0. The van der Waals surface area contributed by atoms with Crippen LogP contribution in [-0.2, 0) is 0 Å². The fraction of sp³-hybridized carbons (Fsp3) is 0. The fourth-order valence-electron chi connectivity index (χ4n) is 6.66. The summed E-state index contributed by atoms with van der Waals surface area (Å²) in [6.45, 7) is 0. The first-order valence-corrected chi connectivity index (χ1v) is 18.3. The Labute approximate surface area is 295 Å². The Morgan fingerprint density at radius 1 is 0.460 bits per heavy atom. The maximum absolute atomic E-state index is 5.30. The van der Waals surface area contributed by atoms with E-state index in [9.17, 15) is 0 Å². The smallest absolute Gasteiger partial charge is 0.240 e. The van der Waals surface area contributed by atoms with Gasteiger partial charge in [-0.05, 0) is 52.5 Å². The van der Waals surface area contributed by atoms with Crippen molar-refractivity contribution in [3.05, 3.63) is 143 Å². The van der Waals surface area contributed by atoms with Crippen molar-refractivity contribution < 1.29 is 0 Å². The number of benzene rings is 4. The maximum atomic E-state index is 5.30. The van der Waals surface area contributed by atoms with E-state index < -0.39 is 20.7 Å². The third-order valence-electron chi connectivity index (χ3n) is 8.79. The second kappa shape index (κ2) is 11.7. The number of hydrogen-bond donors (Lipinski definition) is 0. The fourth-order valence-corrected chi connectivity index (χ4v) is 8.97. The van der Waals surface area contributed by atoms with Crippen LogP contribution in [0, 0.1) is 3.70 Å². The number of fused-ring (bicyclic) bond motifs is 6.